The number of aromatic nitrogens is 1. The molecule has 1 N–H and O–H groups in total. The van der Waals surface area contributed by atoms with Crippen LogP contribution < -0.4 is 0 Å². The summed E-state index contributed by atoms with van der Waals surface area (Å²) < 4.78 is 9.34. The number of rotatable bonds is 0. The zero-order valence-electron chi connectivity index (χ0n) is 15.2. The lowest BCUT2D eigenvalue weighted by Gasteiger charge is -2.68. The number of hydrogen-bond acceptors (Lipinski definition) is 2. The number of piperidine rings is 3. The van der Waals surface area contributed by atoms with E-state index in [0.29, 0.717) is 29.8 Å². The smallest absolute Gasteiger partial charge is 0.196 e. The minimum atomic E-state index is -0.300. The lowest BCUT2D eigenvalue weighted by atomic mass is 9.57. The first-order valence-corrected chi connectivity index (χ1v) is 9.75. The number of likely N-dealkylation sites (N-methyl/N-ethyl adjacent to an activating group) is 1. The van der Waals surface area contributed by atoms with Crippen molar-refractivity contribution in [3.8, 4) is 0 Å². The first-order valence-electron chi connectivity index (χ1n) is 9.75. The number of ether oxygens (including phenoxy) is 1. The van der Waals surface area contributed by atoms with Gasteiger partial charge in [-0.2, -0.15) is 0 Å². The number of fused-ring (bicyclic) bond motifs is 3. The molecular formula is C21H27N2O2+. The molecule has 1 aromatic carbocycles. The molecule has 7 rings (SSSR count). The van der Waals surface area contributed by atoms with E-state index in [-0.39, 0.29) is 12.3 Å². The predicted molar refractivity (Wildman–Crippen MR) is 95.8 cm³/mol. The maximum absolute atomic E-state index is 11.4. The zero-order valence-corrected chi connectivity index (χ0v) is 15.2. The molecule has 3 unspecified atom stereocenters. The summed E-state index contributed by atoms with van der Waals surface area (Å²) in [4.78, 5) is 0. The summed E-state index contributed by atoms with van der Waals surface area (Å²) in [5.74, 6) is 1.50. The van der Waals surface area contributed by atoms with E-state index in [9.17, 15) is 5.11 Å². The Morgan fingerprint density at radius 3 is 2.88 bits per heavy atom. The molecule has 2 aromatic rings. The Kier molecular flexibility index (Phi) is 2.65. The second kappa shape index (κ2) is 4.48. The Morgan fingerprint density at radius 2 is 2.04 bits per heavy atom. The number of aliphatic hydroxyl groups excluding tert-OH is 1. The van der Waals surface area contributed by atoms with Crippen LogP contribution in [0.3, 0.4) is 0 Å². The van der Waals surface area contributed by atoms with Gasteiger partial charge in [-0.05, 0) is 24.5 Å². The van der Waals surface area contributed by atoms with E-state index in [1.54, 1.807) is 0 Å². The van der Waals surface area contributed by atoms with E-state index in [1.807, 2.05) is 0 Å². The van der Waals surface area contributed by atoms with Crippen molar-refractivity contribution >= 4 is 10.9 Å². The van der Waals surface area contributed by atoms with Crippen molar-refractivity contribution < 1.29 is 14.3 Å². The minimum absolute atomic E-state index is 0.182. The van der Waals surface area contributed by atoms with Crippen LogP contribution in [0.25, 0.3) is 10.9 Å². The molecular weight excluding hydrogens is 312 g/mol. The van der Waals surface area contributed by atoms with Crippen molar-refractivity contribution in [1.29, 1.82) is 0 Å². The monoisotopic (exact) mass is 339 g/mol. The summed E-state index contributed by atoms with van der Waals surface area (Å²) in [6, 6.07) is 9.73. The topological polar surface area (TPSA) is 34.4 Å². The molecule has 4 heteroatoms. The summed E-state index contributed by atoms with van der Waals surface area (Å²) in [6.07, 6.45) is 2.16. The van der Waals surface area contributed by atoms with Crippen molar-refractivity contribution in [3.05, 3.63) is 35.5 Å². The average molecular weight is 339 g/mol. The van der Waals surface area contributed by atoms with Gasteiger partial charge in [0, 0.05) is 36.7 Å². The summed E-state index contributed by atoms with van der Waals surface area (Å²) >= 11 is 0. The van der Waals surface area contributed by atoms with Gasteiger partial charge in [0.25, 0.3) is 0 Å². The molecule has 132 valence electrons. The van der Waals surface area contributed by atoms with Crippen molar-refractivity contribution in [1.82, 2.24) is 4.57 Å². The normalized spacial score (nSPS) is 47.1. The van der Waals surface area contributed by atoms with Gasteiger partial charge in [0.15, 0.2) is 6.23 Å². The Morgan fingerprint density at radius 1 is 1.24 bits per heavy atom. The van der Waals surface area contributed by atoms with Gasteiger partial charge in [0.2, 0.25) is 0 Å². The van der Waals surface area contributed by atoms with Gasteiger partial charge in [0.1, 0.15) is 12.1 Å². The highest BCUT2D eigenvalue weighted by Gasteiger charge is 2.70. The van der Waals surface area contributed by atoms with Gasteiger partial charge in [-0.1, -0.05) is 18.2 Å². The molecule has 4 nitrogen and oxygen atoms in total. The van der Waals surface area contributed by atoms with Crippen LogP contribution >= 0.6 is 0 Å². The van der Waals surface area contributed by atoms with Gasteiger partial charge in [-0.25, -0.2) is 0 Å². The van der Waals surface area contributed by atoms with Crippen molar-refractivity contribution in [2.24, 2.45) is 24.8 Å². The second-order valence-corrected chi connectivity index (χ2v) is 9.04. The molecule has 25 heavy (non-hydrogen) atoms. The number of aliphatic hydroxyl groups is 1. The van der Waals surface area contributed by atoms with Crippen LogP contribution in [0.15, 0.2) is 24.3 Å². The maximum atomic E-state index is 11.4. The molecule has 6 heterocycles. The Hall–Kier alpha value is -1.36. The second-order valence-electron chi connectivity index (χ2n) is 9.04. The third kappa shape index (κ3) is 1.48. The van der Waals surface area contributed by atoms with Crippen molar-refractivity contribution in [2.75, 3.05) is 13.7 Å². The first kappa shape index (κ1) is 14.8. The molecule has 0 aliphatic carbocycles. The third-order valence-electron chi connectivity index (χ3n) is 8.42. The third-order valence-corrected chi connectivity index (χ3v) is 8.42. The summed E-state index contributed by atoms with van der Waals surface area (Å²) in [5.41, 5.74) is 4.35. The lowest BCUT2D eigenvalue weighted by Crippen LogP contribution is -2.79. The molecule has 0 spiro atoms. The van der Waals surface area contributed by atoms with Crippen LogP contribution in [0.2, 0.25) is 0 Å². The Balaban J connectivity index is 1.62. The predicted octanol–water partition coefficient (Wildman–Crippen LogP) is 2.59. The quantitative estimate of drug-likeness (QED) is 0.749. The van der Waals surface area contributed by atoms with Crippen LogP contribution in [-0.2, 0) is 18.2 Å². The number of aryl methyl sites for hydroxylation is 1. The summed E-state index contributed by atoms with van der Waals surface area (Å²) in [6.45, 7) is 3.04. The van der Waals surface area contributed by atoms with Crippen LogP contribution in [-0.4, -0.2) is 46.2 Å². The van der Waals surface area contributed by atoms with E-state index in [2.05, 4.69) is 49.9 Å². The number of benzene rings is 1. The number of nitrogens with zero attached hydrogens (tertiary/aromatic N) is 2. The van der Waals surface area contributed by atoms with E-state index in [0.717, 1.165) is 17.5 Å². The molecule has 1 aromatic heterocycles. The molecule has 6 bridgehead atoms. The number of quaternary nitrogens is 1. The van der Waals surface area contributed by atoms with Gasteiger partial charge in [-0.3, -0.25) is 4.48 Å². The molecule has 0 radical (unpaired) electrons. The molecule has 8 atom stereocenters. The van der Waals surface area contributed by atoms with Crippen molar-refractivity contribution in [2.45, 2.75) is 44.2 Å². The SMILES string of the molecule is C[C@@H]1OC[C@@H]2C3C[C@H]4c5c(c6ccccc6n5C)C[C@H]2[N@@+]4(C)C(O)C31. The average Bonchev–Trinajstić information content (AvgIpc) is 2.87. The van der Waals surface area contributed by atoms with E-state index < -0.39 is 0 Å². The van der Waals surface area contributed by atoms with Crippen LogP contribution in [0.5, 0.6) is 0 Å². The molecule has 0 amide bonds. The van der Waals surface area contributed by atoms with Crippen LogP contribution in [0.4, 0.5) is 0 Å². The summed E-state index contributed by atoms with van der Waals surface area (Å²) in [5, 5.41) is 12.8. The Labute approximate surface area is 148 Å². The van der Waals surface area contributed by atoms with Gasteiger partial charge >= 0.3 is 0 Å². The molecule has 0 saturated carbocycles. The minimum Gasteiger partial charge on any atom is -0.377 e. The standard InChI is InChI=1S/C21H27N2O2/c1-11-19-13-8-18-20-14(12-6-4-5-7-16(12)22(20)2)9-17(15(13)10-25-11)23(18,3)21(19)24/h4-7,11,13,15,17-19,21,24H,8-10H2,1-3H3/q+1/t11-,13?,15+,17+,18-,19?,21?,23+/m0/s1. The van der Waals surface area contributed by atoms with Crippen LogP contribution in [0, 0.1) is 17.8 Å². The molecule has 4 fully saturated rings. The van der Waals surface area contributed by atoms with Gasteiger partial charge < -0.3 is 14.4 Å². The van der Waals surface area contributed by atoms with E-state index >= 15 is 0 Å². The number of hydrogen-bond donors (Lipinski definition) is 1. The van der Waals surface area contributed by atoms with Crippen LogP contribution in [0.1, 0.15) is 30.6 Å². The molecule has 5 aliphatic rings. The Bertz CT molecular complexity index is 887. The van der Waals surface area contributed by atoms with E-state index in [4.69, 9.17) is 4.74 Å². The van der Waals surface area contributed by atoms with Crippen molar-refractivity contribution in [3.63, 3.8) is 0 Å². The maximum Gasteiger partial charge on any atom is 0.196 e. The van der Waals surface area contributed by atoms with Gasteiger partial charge in [0.05, 0.1) is 31.4 Å². The molecule has 5 aliphatic heterocycles. The highest BCUT2D eigenvalue weighted by atomic mass is 16.5. The fourth-order valence-corrected chi connectivity index (χ4v) is 7.27. The first-order chi connectivity index (χ1) is 12.0. The molecule has 4 saturated heterocycles. The fourth-order valence-electron chi connectivity index (χ4n) is 7.27. The zero-order chi connectivity index (χ0) is 17.1. The largest absolute Gasteiger partial charge is 0.377 e. The van der Waals surface area contributed by atoms with Gasteiger partial charge in [-0.15, -0.1) is 0 Å². The number of para-hydroxylation sites is 1. The lowest BCUT2D eigenvalue weighted by molar-refractivity contribution is -1.03. The highest BCUT2D eigenvalue weighted by molar-refractivity contribution is 5.86. The summed E-state index contributed by atoms with van der Waals surface area (Å²) in [7, 11) is 4.55. The fraction of sp³-hybridized carbons (Fsp3) is 0.619. The highest BCUT2D eigenvalue weighted by Crippen LogP contribution is 2.62. The van der Waals surface area contributed by atoms with E-state index in [1.165, 1.54) is 28.6 Å².